The van der Waals surface area contributed by atoms with Crippen molar-refractivity contribution < 1.29 is 9.53 Å². The number of amides is 1. The normalized spacial score (nSPS) is 20.3. The van der Waals surface area contributed by atoms with Crippen molar-refractivity contribution in [1.82, 2.24) is 15.2 Å². The topological polar surface area (TPSA) is 54.5 Å². The maximum absolute atomic E-state index is 12.0. The predicted octanol–water partition coefficient (Wildman–Crippen LogP) is 1.54. The smallest absolute Gasteiger partial charge is 0.263 e. The van der Waals surface area contributed by atoms with E-state index in [1.807, 2.05) is 6.92 Å². The van der Waals surface area contributed by atoms with Gasteiger partial charge < -0.3 is 10.1 Å². The lowest BCUT2D eigenvalue weighted by Gasteiger charge is -2.33. The number of aryl methyl sites for hydroxylation is 1. The Morgan fingerprint density at radius 3 is 3.10 bits per heavy atom. The van der Waals surface area contributed by atoms with Crippen LogP contribution in [0.25, 0.3) is 0 Å². The van der Waals surface area contributed by atoms with E-state index in [0.717, 1.165) is 31.9 Å². The molecule has 1 aliphatic rings. The average molecular weight is 297 g/mol. The number of carbonyl (C=O) groups excluding carboxylic acids is 1. The lowest BCUT2D eigenvalue weighted by atomic mass is 10.2. The van der Waals surface area contributed by atoms with Gasteiger partial charge in [-0.15, -0.1) is 11.3 Å². The molecule has 1 aromatic rings. The highest BCUT2D eigenvalue weighted by molar-refractivity contribution is 7.11. The molecule has 2 heterocycles. The SMILES string of the molecule is Cc1ncsc1C(=O)NC[C@@H]1CN(CC(C)C)CCO1. The number of hydrogen-bond donors (Lipinski definition) is 1. The third kappa shape index (κ3) is 4.26. The summed E-state index contributed by atoms with van der Waals surface area (Å²) in [6.07, 6.45) is 0.0830. The zero-order chi connectivity index (χ0) is 14.5. The fourth-order valence-electron chi connectivity index (χ4n) is 2.39. The number of ether oxygens (including phenoxy) is 1. The van der Waals surface area contributed by atoms with Gasteiger partial charge in [0.1, 0.15) is 4.88 Å². The Kier molecular flexibility index (Phi) is 5.51. The average Bonchev–Trinajstić information content (AvgIpc) is 2.82. The van der Waals surface area contributed by atoms with E-state index in [1.54, 1.807) is 5.51 Å². The molecule has 6 heteroatoms. The van der Waals surface area contributed by atoms with Crippen LogP contribution < -0.4 is 5.32 Å². The highest BCUT2D eigenvalue weighted by Crippen LogP contribution is 2.12. The molecule has 1 fully saturated rings. The molecule has 1 aliphatic heterocycles. The van der Waals surface area contributed by atoms with Crippen molar-refractivity contribution in [2.24, 2.45) is 5.92 Å². The third-order valence-corrected chi connectivity index (χ3v) is 4.22. The van der Waals surface area contributed by atoms with E-state index in [9.17, 15) is 4.79 Å². The highest BCUT2D eigenvalue weighted by Gasteiger charge is 2.22. The molecule has 0 aromatic carbocycles. The van der Waals surface area contributed by atoms with Crippen LogP contribution in [0, 0.1) is 12.8 Å². The van der Waals surface area contributed by atoms with Gasteiger partial charge in [0.2, 0.25) is 0 Å². The van der Waals surface area contributed by atoms with Crippen molar-refractivity contribution in [2.75, 3.05) is 32.8 Å². The second-order valence-corrected chi connectivity index (χ2v) is 6.48. The largest absolute Gasteiger partial charge is 0.374 e. The molecular weight excluding hydrogens is 274 g/mol. The van der Waals surface area contributed by atoms with Gasteiger partial charge in [0.25, 0.3) is 5.91 Å². The van der Waals surface area contributed by atoms with Crippen LogP contribution in [0.1, 0.15) is 29.2 Å². The Labute approximate surface area is 124 Å². The molecule has 0 unspecified atom stereocenters. The van der Waals surface area contributed by atoms with Gasteiger partial charge in [-0.3, -0.25) is 9.69 Å². The zero-order valence-corrected chi connectivity index (χ0v) is 13.2. The molecule has 1 aromatic heterocycles. The molecule has 0 radical (unpaired) electrons. The number of carbonyl (C=O) groups is 1. The highest BCUT2D eigenvalue weighted by atomic mass is 32.1. The van der Waals surface area contributed by atoms with Crippen molar-refractivity contribution >= 4 is 17.2 Å². The Bertz CT molecular complexity index is 447. The summed E-state index contributed by atoms with van der Waals surface area (Å²) >= 11 is 1.38. The van der Waals surface area contributed by atoms with Crippen LogP contribution in [0.15, 0.2) is 5.51 Å². The first-order valence-corrected chi connectivity index (χ1v) is 7.96. The van der Waals surface area contributed by atoms with Gasteiger partial charge in [-0.25, -0.2) is 4.98 Å². The molecule has 20 heavy (non-hydrogen) atoms. The van der Waals surface area contributed by atoms with Gasteiger partial charge in [-0.2, -0.15) is 0 Å². The van der Waals surface area contributed by atoms with Crippen molar-refractivity contribution in [1.29, 1.82) is 0 Å². The number of aromatic nitrogens is 1. The lowest BCUT2D eigenvalue weighted by Crippen LogP contribution is -2.48. The van der Waals surface area contributed by atoms with E-state index in [4.69, 9.17) is 4.74 Å². The van der Waals surface area contributed by atoms with Crippen LogP contribution >= 0.6 is 11.3 Å². The molecule has 0 aliphatic carbocycles. The number of thiazole rings is 1. The van der Waals surface area contributed by atoms with Gasteiger partial charge >= 0.3 is 0 Å². The summed E-state index contributed by atoms with van der Waals surface area (Å²) in [6.45, 7) is 10.6. The minimum absolute atomic E-state index is 0.0467. The minimum Gasteiger partial charge on any atom is -0.374 e. The van der Waals surface area contributed by atoms with Crippen molar-refractivity contribution in [3.63, 3.8) is 0 Å². The summed E-state index contributed by atoms with van der Waals surface area (Å²) in [7, 11) is 0. The van der Waals surface area contributed by atoms with E-state index in [1.165, 1.54) is 11.3 Å². The first kappa shape index (κ1) is 15.4. The summed E-state index contributed by atoms with van der Waals surface area (Å²) < 4.78 is 5.72. The Morgan fingerprint density at radius 2 is 2.45 bits per heavy atom. The Morgan fingerprint density at radius 1 is 1.65 bits per heavy atom. The monoisotopic (exact) mass is 297 g/mol. The lowest BCUT2D eigenvalue weighted by molar-refractivity contribution is -0.0295. The summed E-state index contributed by atoms with van der Waals surface area (Å²) in [5.41, 5.74) is 2.49. The maximum Gasteiger partial charge on any atom is 0.263 e. The molecule has 1 N–H and O–H groups in total. The number of morpholine rings is 1. The summed E-state index contributed by atoms with van der Waals surface area (Å²) in [5, 5.41) is 2.95. The molecule has 0 saturated carbocycles. The van der Waals surface area contributed by atoms with E-state index < -0.39 is 0 Å². The van der Waals surface area contributed by atoms with Gasteiger partial charge in [0.15, 0.2) is 0 Å². The number of nitrogens with one attached hydrogen (secondary N) is 1. The zero-order valence-electron chi connectivity index (χ0n) is 12.4. The predicted molar refractivity (Wildman–Crippen MR) is 80.2 cm³/mol. The Balaban J connectivity index is 1.79. The summed E-state index contributed by atoms with van der Waals surface area (Å²) in [5.74, 6) is 0.609. The number of rotatable bonds is 5. The second-order valence-electron chi connectivity index (χ2n) is 5.62. The molecule has 1 amide bonds. The van der Waals surface area contributed by atoms with Crippen molar-refractivity contribution in [3.05, 3.63) is 16.1 Å². The van der Waals surface area contributed by atoms with Crippen LogP contribution in [-0.2, 0) is 4.74 Å². The third-order valence-electron chi connectivity index (χ3n) is 3.29. The van der Waals surface area contributed by atoms with E-state index in [2.05, 4.69) is 29.0 Å². The molecule has 0 bridgehead atoms. The van der Waals surface area contributed by atoms with Gasteiger partial charge in [-0.1, -0.05) is 13.8 Å². The first-order chi connectivity index (χ1) is 9.56. The van der Waals surface area contributed by atoms with Crippen molar-refractivity contribution in [3.8, 4) is 0 Å². The van der Waals surface area contributed by atoms with Crippen LogP contribution in [0.2, 0.25) is 0 Å². The fourth-order valence-corrected chi connectivity index (χ4v) is 3.11. The fraction of sp³-hybridized carbons (Fsp3) is 0.714. The van der Waals surface area contributed by atoms with Crippen LogP contribution in [0.3, 0.4) is 0 Å². The quantitative estimate of drug-likeness (QED) is 0.896. The summed E-state index contributed by atoms with van der Waals surface area (Å²) in [6, 6.07) is 0. The van der Waals surface area contributed by atoms with Gasteiger partial charge in [0.05, 0.1) is 23.9 Å². The summed E-state index contributed by atoms with van der Waals surface area (Å²) in [4.78, 5) is 19.2. The Hall–Kier alpha value is -0.980. The molecular formula is C14H23N3O2S. The molecule has 1 atom stereocenters. The maximum atomic E-state index is 12.0. The van der Waals surface area contributed by atoms with E-state index in [0.29, 0.717) is 17.3 Å². The number of hydrogen-bond acceptors (Lipinski definition) is 5. The van der Waals surface area contributed by atoms with Gasteiger partial charge in [0, 0.05) is 26.2 Å². The molecule has 2 rings (SSSR count). The second kappa shape index (κ2) is 7.15. The van der Waals surface area contributed by atoms with Gasteiger partial charge in [-0.05, 0) is 12.8 Å². The minimum atomic E-state index is -0.0467. The van der Waals surface area contributed by atoms with E-state index >= 15 is 0 Å². The van der Waals surface area contributed by atoms with Crippen LogP contribution in [0.5, 0.6) is 0 Å². The van der Waals surface area contributed by atoms with Crippen molar-refractivity contribution in [2.45, 2.75) is 26.9 Å². The van der Waals surface area contributed by atoms with E-state index in [-0.39, 0.29) is 12.0 Å². The molecule has 112 valence electrons. The molecule has 5 nitrogen and oxygen atoms in total. The molecule has 0 spiro atoms. The standard InChI is InChI=1S/C14H23N3O2S/c1-10(2)7-17-4-5-19-12(8-17)6-15-14(18)13-11(3)16-9-20-13/h9-10,12H,4-8H2,1-3H3,(H,15,18)/t12-/m1/s1. The first-order valence-electron chi connectivity index (χ1n) is 7.08. The van der Waals surface area contributed by atoms with Crippen LogP contribution in [0.4, 0.5) is 0 Å². The molecule has 1 saturated heterocycles. The van der Waals surface area contributed by atoms with Crippen LogP contribution in [-0.4, -0.2) is 54.7 Å². The number of nitrogens with zero attached hydrogens (tertiary/aromatic N) is 2.